The van der Waals surface area contributed by atoms with E-state index in [0.717, 1.165) is 24.4 Å². The molecule has 2 aliphatic rings. The molecule has 2 aromatic rings. The summed E-state index contributed by atoms with van der Waals surface area (Å²) in [5.74, 6) is 1.65. The smallest absolute Gasteiger partial charge is 0.254 e. The van der Waals surface area contributed by atoms with Gasteiger partial charge in [0.2, 0.25) is 0 Å². The molecule has 0 unspecified atom stereocenters. The van der Waals surface area contributed by atoms with Gasteiger partial charge >= 0.3 is 0 Å². The maximum absolute atomic E-state index is 12.3. The SMILES string of the molecule is O=C(c1ccccc1)N1CC(Oc2ccc(C3CCNCC3)cc2)C1. The number of rotatable bonds is 4. The molecule has 2 heterocycles. The molecule has 25 heavy (non-hydrogen) atoms. The summed E-state index contributed by atoms with van der Waals surface area (Å²) in [6.45, 7) is 3.53. The number of likely N-dealkylation sites (tertiary alicyclic amines) is 1. The largest absolute Gasteiger partial charge is 0.487 e. The fraction of sp³-hybridized carbons (Fsp3) is 0.381. The van der Waals surface area contributed by atoms with Gasteiger partial charge in [0.1, 0.15) is 11.9 Å². The van der Waals surface area contributed by atoms with Gasteiger partial charge in [0.05, 0.1) is 13.1 Å². The van der Waals surface area contributed by atoms with Gasteiger partial charge in [-0.25, -0.2) is 0 Å². The minimum atomic E-state index is 0.0849. The second-order valence-corrected chi connectivity index (χ2v) is 6.91. The number of carbonyl (C=O) groups excluding carboxylic acids is 1. The van der Waals surface area contributed by atoms with Crippen LogP contribution in [0.25, 0.3) is 0 Å². The number of nitrogens with zero attached hydrogens (tertiary/aromatic N) is 1. The average molecular weight is 336 g/mol. The quantitative estimate of drug-likeness (QED) is 0.933. The van der Waals surface area contributed by atoms with Gasteiger partial charge in [-0.2, -0.15) is 0 Å². The van der Waals surface area contributed by atoms with Crippen LogP contribution in [0.15, 0.2) is 54.6 Å². The number of piperidine rings is 1. The Hall–Kier alpha value is -2.33. The van der Waals surface area contributed by atoms with Crippen molar-refractivity contribution in [1.82, 2.24) is 10.2 Å². The van der Waals surface area contributed by atoms with Crippen molar-refractivity contribution < 1.29 is 9.53 Å². The maximum atomic E-state index is 12.3. The van der Waals surface area contributed by atoms with Gasteiger partial charge in [-0.1, -0.05) is 30.3 Å². The Morgan fingerprint density at radius 3 is 2.32 bits per heavy atom. The van der Waals surface area contributed by atoms with E-state index in [4.69, 9.17) is 4.74 Å². The highest BCUT2D eigenvalue weighted by molar-refractivity contribution is 5.94. The van der Waals surface area contributed by atoms with Crippen LogP contribution in [0.4, 0.5) is 0 Å². The molecule has 4 rings (SSSR count). The predicted octanol–water partition coefficient (Wildman–Crippen LogP) is 3.06. The van der Waals surface area contributed by atoms with Gasteiger partial charge in [-0.15, -0.1) is 0 Å². The molecule has 0 aliphatic carbocycles. The van der Waals surface area contributed by atoms with Crippen LogP contribution in [0, 0.1) is 0 Å². The number of amides is 1. The normalized spacial score (nSPS) is 18.6. The Morgan fingerprint density at radius 1 is 0.960 bits per heavy atom. The van der Waals surface area contributed by atoms with E-state index in [1.54, 1.807) is 0 Å². The highest BCUT2D eigenvalue weighted by Gasteiger charge is 2.32. The van der Waals surface area contributed by atoms with Crippen molar-refractivity contribution >= 4 is 5.91 Å². The molecule has 2 aliphatic heterocycles. The molecule has 0 saturated carbocycles. The first-order valence-electron chi connectivity index (χ1n) is 9.11. The first-order valence-corrected chi connectivity index (χ1v) is 9.11. The summed E-state index contributed by atoms with van der Waals surface area (Å²) in [5, 5.41) is 3.41. The Labute approximate surface area is 148 Å². The molecule has 0 bridgehead atoms. The monoisotopic (exact) mass is 336 g/mol. The van der Waals surface area contributed by atoms with Crippen molar-refractivity contribution in [3.8, 4) is 5.75 Å². The molecule has 1 N–H and O–H groups in total. The number of hydrogen-bond donors (Lipinski definition) is 1. The van der Waals surface area contributed by atoms with Crippen LogP contribution in [0.5, 0.6) is 5.75 Å². The van der Waals surface area contributed by atoms with Gasteiger partial charge in [-0.3, -0.25) is 4.79 Å². The number of carbonyl (C=O) groups is 1. The minimum absolute atomic E-state index is 0.0849. The maximum Gasteiger partial charge on any atom is 0.254 e. The predicted molar refractivity (Wildman–Crippen MR) is 98.0 cm³/mol. The van der Waals surface area contributed by atoms with E-state index >= 15 is 0 Å². The number of ether oxygens (including phenoxy) is 1. The molecule has 0 aromatic heterocycles. The minimum Gasteiger partial charge on any atom is -0.487 e. The van der Waals surface area contributed by atoms with Crippen LogP contribution in [0.2, 0.25) is 0 Å². The summed E-state index contributed by atoms with van der Waals surface area (Å²) in [6, 6.07) is 17.9. The lowest BCUT2D eigenvalue weighted by Gasteiger charge is -2.39. The second kappa shape index (κ2) is 7.28. The summed E-state index contributed by atoms with van der Waals surface area (Å²) in [4.78, 5) is 14.1. The molecule has 2 saturated heterocycles. The topological polar surface area (TPSA) is 41.6 Å². The molecule has 2 fully saturated rings. The first kappa shape index (κ1) is 16.2. The number of benzene rings is 2. The molecule has 2 aromatic carbocycles. The Kier molecular flexibility index (Phi) is 4.70. The third kappa shape index (κ3) is 3.69. The molecule has 4 nitrogen and oxygen atoms in total. The van der Waals surface area contributed by atoms with Crippen molar-refractivity contribution in [3.05, 3.63) is 65.7 Å². The van der Waals surface area contributed by atoms with Crippen molar-refractivity contribution in [1.29, 1.82) is 0 Å². The number of hydrogen-bond acceptors (Lipinski definition) is 3. The Balaban J connectivity index is 1.28. The van der Waals surface area contributed by atoms with Gasteiger partial charge in [0.25, 0.3) is 5.91 Å². The lowest BCUT2D eigenvalue weighted by molar-refractivity contribution is 0.0178. The zero-order chi connectivity index (χ0) is 17.1. The molecule has 0 radical (unpaired) electrons. The van der Waals surface area contributed by atoms with Crippen molar-refractivity contribution in [2.75, 3.05) is 26.2 Å². The summed E-state index contributed by atoms with van der Waals surface area (Å²) in [7, 11) is 0. The van der Waals surface area contributed by atoms with E-state index in [1.165, 1.54) is 18.4 Å². The molecular weight excluding hydrogens is 312 g/mol. The van der Waals surface area contributed by atoms with Gasteiger partial charge in [0, 0.05) is 5.56 Å². The fourth-order valence-corrected chi connectivity index (χ4v) is 3.61. The Morgan fingerprint density at radius 2 is 1.64 bits per heavy atom. The summed E-state index contributed by atoms with van der Waals surface area (Å²) < 4.78 is 6.00. The summed E-state index contributed by atoms with van der Waals surface area (Å²) in [5.41, 5.74) is 2.15. The zero-order valence-electron chi connectivity index (χ0n) is 14.4. The van der Waals surface area contributed by atoms with Crippen LogP contribution in [0.3, 0.4) is 0 Å². The summed E-state index contributed by atoms with van der Waals surface area (Å²) >= 11 is 0. The fourth-order valence-electron chi connectivity index (χ4n) is 3.61. The van der Waals surface area contributed by atoms with E-state index in [1.807, 2.05) is 35.2 Å². The standard InChI is InChI=1S/C21H24N2O2/c24-21(18-4-2-1-3-5-18)23-14-20(15-23)25-19-8-6-16(7-9-19)17-10-12-22-13-11-17/h1-9,17,20,22H,10-15H2. The first-order chi connectivity index (χ1) is 12.3. The van der Waals surface area contributed by atoms with Crippen LogP contribution in [0.1, 0.15) is 34.7 Å². The molecule has 0 atom stereocenters. The lowest BCUT2D eigenvalue weighted by atomic mass is 9.90. The van der Waals surface area contributed by atoms with E-state index in [2.05, 4.69) is 29.6 Å². The highest BCUT2D eigenvalue weighted by Crippen LogP contribution is 2.27. The molecule has 4 heteroatoms. The van der Waals surface area contributed by atoms with Crippen molar-refractivity contribution in [2.24, 2.45) is 0 Å². The number of nitrogens with one attached hydrogen (secondary N) is 1. The zero-order valence-corrected chi connectivity index (χ0v) is 14.4. The van der Waals surface area contributed by atoms with E-state index in [-0.39, 0.29) is 12.0 Å². The van der Waals surface area contributed by atoms with E-state index in [9.17, 15) is 4.79 Å². The lowest BCUT2D eigenvalue weighted by Crippen LogP contribution is -2.56. The Bertz CT molecular complexity index is 702. The van der Waals surface area contributed by atoms with Crippen LogP contribution in [-0.2, 0) is 0 Å². The van der Waals surface area contributed by atoms with Crippen molar-refractivity contribution in [3.63, 3.8) is 0 Å². The van der Waals surface area contributed by atoms with Gasteiger partial charge < -0.3 is 15.0 Å². The molecule has 130 valence electrons. The van der Waals surface area contributed by atoms with E-state index < -0.39 is 0 Å². The molecular formula is C21H24N2O2. The summed E-state index contributed by atoms with van der Waals surface area (Å²) in [6.07, 6.45) is 2.51. The highest BCUT2D eigenvalue weighted by atomic mass is 16.5. The molecule has 1 amide bonds. The van der Waals surface area contributed by atoms with Crippen molar-refractivity contribution in [2.45, 2.75) is 24.9 Å². The van der Waals surface area contributed by atoms with E-state index in [0.29, 0.717) is 19.0 Å². The van der Waals surface area contributed by atoms with Crippen LogP contribution in [-0.4, -0.2) is 43.1 Å². The third-order valence-corrected chi connectivity index (χ3v) is 5.15. The van der Waals surface area contributed by atoms with Gasteiger partial charge in [-0.05, 0) is 61.7 Å². The molecule has 0 spiro atoms. The third-order valence-electron chi connectivity index (χ3n) is 5.15. The second-order valence-electron chi connectivity index (χ2n) is 6.91. The van der Waals surface area contributed by atoms with Gasteiger partial charge in [0.15, 0.2) is 0 Å². The van der Waals surface area contributed by atoms with Crippen LogP contribution >= 0.6 is 0 Å². The van der Waals surface area contributed by atoms with Crippen LogP contribution < -0.4 is 10.1 Å². The average Bonchev–Trinajstić information content (AvgIpc) is 2.66.